The first-order valence-electron chi connectivity index (χ1n) is 10.4. The summed E-state index contributed by atoms with van der Waals surface area (Å²) in [7, 11) is 0. The number of fused-ring (bicyclic) bond motifs is 2. The predicted molar refractivity (Wildman–Crippen MR) is 130 cm³/mol. The van der Waals surface area contributed by atoms with E-state index in [-0.39, 0.29) is 5.56 Å². The SMILES string of the molecule is Cc1cc(C)cc(-n2c(C=Cc3cccc4ccccc34)nc3ccccc3c2=O)c1. The number of hydrogen-bond donors (Lipinski definition) is 0. The third-order valence-corrected chi connectivity index (χ3v) is 5.50. The van der Waals surface area contributed by atoms with Crippen LogP contribution < -0.4 is 5.56 Å². The van der Waals surface area contributed by atoms with Crippen LogP contribution in [-0.4, -0.2) is 9.55 Å². The lowest BCUT2D eigenvalue weighted by Gasteiger charge is -2.13. The van der Waals surface area contributed by atoms with Crippen molar-refractivity contribution in [2.24, 2.45) is 0 Å². The van der Waals surface area contributed by atoms with Gasteiger partial charge in [0, 0.05) is 0 Å². The summed E-state index contributed by atoms with van der Waals surface area (Å²) in [5.41, 5.74) is 4.78. The average Bonchev–Trinajstić information content (AvgIpc) is 2.77. The fourth-order valence-electron chi connectivity index (χ4n) is 4.15. The van der Waals surface area contributed by atoms with E-state index in [1.165, 1.54) is 10.8 Å². The summed E-state index contributed by atoms with van der Waals surface area (Å²) >= 11 is 0. The molecule has 150 valence electrons. The highest BCUT2D eigenvalue weighted by Crippen LogP contribution is 2.22. The minimum absolute atomic E-state index is 0.0619. The second-order valence-corrected chi connectivity index (χ2v) is 7.88. The first kappa shape index (κ1) is 19.0. The topological polar surface area (TPSA) is 34.9 Å². The maximum Gasteiger partial charge on any atom is 0.266 e. The summed E-state index contributed by atoms with van der Waals surface area (Å²) in [6, 6.07) is 28.2. The number of benzene rings is 4. The van der Waals surface area contributed by atoms with Crippen LogP contribution in [0, 0.1) is 13.8 Å². The third-order valence-electron chi connectivity index (χ3n) is 5.50. The zero-order valence-corrected chi connectivity index (χ0v) is 17.5. The van der Waals surface area contributed by atoms with E-state index in [4.69, 9.17) is 4.98 Å². The van der Waals surface area contributed by atoms with Crippen LogP contribution >= 0.6 is 0 Å². The molecule has 31 heavy (non-hydrogen) atoms. The van der Waals surface area contributed by atoms with Gasteiger partial charge in [0.1, 0.15) is 5.82 Å². The Hall–Kier alpha value is -3.98. The van der Waals surface area contributed by atoms with Gasteiger partial charge in [-0.3, -0.25) is 9.36 Å². The monoisotopic (exact) mass is 402 g/mol. The maximum absolute atomic E-state index is 13.5. The van der Waals surface area contributed by atoms with Crippen molar-refractivity contribution in [1.29, 1.82) is 0 Å². The first-order chi connectivity index (χ1) is 15.1. The summed E-state index contributed by atoms with van der Waals surface area (Å²) in [5, 5.41) is 2.97. The zero-order chi connectivity index (χ0) is 21.4. The molecule has 5 aromatic rings. The van der Waals surface area contributed by atoms with Crippen molar-refractivity contribution in [3.05, 3.63) is 118 Å². The van der Waals surface area contributed by atoms with E-state index in [0.29, 0.717) is 16.7 Å². The highest BCUT2D eigenvalue weighted by atomic mass is 16.1. The molecule has 4 aromatic carbocycles. The van der Waals surface area contributed by atoms with Crippen molar-refractivity contribution in [2.45, 2.75) is 13.8 Å². The Morgan fingerprint density at radius 1 is 0.742 bits per heavy atom. The molecule has 1 heterocycles. The van der Waals surface area contributed by atoms with E-state index in [2.05, 4.69) is 30.3 Å². The number of nitrogens with zero attached hydrogens (tertiary/aromatic N) is 2. The van der Waals surface area contributed by atoms with Gasteiger partial charge < -0.3 is 0 Å². The lowest BCUT2D eigenvalue weighted by atomic mass is 10.0. The molecule has 0 amide bonds. The number of aromatic nitrogens is 2. The molecule has 5 rings (SSSR count). The van der Waals surface area contributed by atoms with E-state index < -0.39 is 0 Å². The fraction of sp³-hybridized carbons (Fsp3) is 0.0714. The maximum atomic E-state index is 13.5. The first-order valence-corrected chi connectivity index (χ1v) is 10.4. The predicted octanol–water partition coefficient (Wildman–Crippen LogP) is 6.33. The van der Waals surface area contributed by atoms with Gasteiger partial charge in [-0.25, -0.2) is 4.98 Å². The Balaban J connectivity index is 1.76. The van der Waals surface area contributed by atoms with Crippen LogP contribution in [-0.2, 0) is 0 Å². The van der Waals surface area contributed by atoms with Gasteiger partial charge in [0.2, 0.25) is 0 Å². The summed E-state index contributed by atoms with van der Waals surface area (Å²) in [6.45, 7) is 4.09. The normalized spacial score (nSPS) is 11.5. The van der Waals surface area contributed by atoms with Crippen LogP contribution in [0.3, 0.4) is 0 Å². The van der Waals surface area contributed by atoms with Crippen LogP contribution in [0.2, 0.25) is 0 Å². The molecule has 3 nitrogen and oxygen atoms in total. The second-order valence-electron chi connectivity index (χ2n) is 7.88. The third kappa shape index (κ3) is 3.55. The number of hydrogen-bond acceptors (Lipinski definition) is 2. The molecule has 0 saturated carbocycles. The molecule has 0 bridgehead atoms. The number of rotatable bonds is 3. The van der Waals surface area contributed by atoms with Crippen molar-refractivity contribution in [3.8, 4) is 5.69 Å². The van der Waals surface area contributed by atoms with Crippen molar-refractivity contribution in [2.75, 3.05) is 0 Å². The van der Waals surface area contributed by atoms with Gasteiger partial charge in [-0.1, -0.05) is 66.7 Å². The summed E-state index contributed by atoms with van der Waals surface area (Å²) in [5.74, 6) is 0.613. The van der Waals surface area contributed by atoms with Gasteiger partial charge in [-0.2, -0.15) is 0 Å². The molecule has 0 unspecified atom stereocenters. The van der Waals surface area contributed by atoms with Crippen LogP contribution in [0.15, 0.2) is 89.7 Å². The molecule has 0 aliphatic rings. The molecule has 0 N–H and O–H groups in total. The quantitative estimate of drug-likeness (QED) is 0.354. The largest absolute Gasteiger partial charge is 0.268 e. The minimum Gasteiger partial charge on any atom is -0.268 e. The Kier molecular flexibility index (Phi) is 4.72. The van der Waals surface area contributed by atoms with E-state index in [0.717, 1.165) is 22.4 Å². The van der Waals surface area contributed by atoms with Crippen molar-refractivity contribution in [1.82, 2.24) is 9.55 Å². The Morgan fingerprint density at radius 2 is 1.42 bits per heavy atom. The number of aryl methyl sites for hydroxylation is 2. The van der Waals surface area contributed by atoms with Crippen LogP contribution in [0.1, 0.15) is 22.5 Å². The van der Waals surface area contributed by atoms with Crippen LogP contribution in [0.4, 0.5) is 0 Å². The lowest BCUT2D eigenvalue weighted by Crippen LogP contribution is -2.22. The van der Waals surface area contributed by atoms with Gasteiger partial charge in [0.05, 0.1) is 16.6 Å². The molecule has 0 radical (unpaired) electrons. The summed E-state index contributed by atoms with van der Waals surface area (Å²) in [6.07, 6.45) is 3.98. The van der Waals surface area contributed by atoms with E-state index in [9.17, 15) is 4.79 Å². The smallest absolute Gasteiger partial charge is 0.266 e. The van der Waals surface area contributed by atoms with Gasteiger partial charge in [-0.05, 0) is 71.7 Å². The molecule has 0 spiro atoms. The average molecular weight is 402 g/mol. The van der Waals surface area contributed by atoms with E-state index in [1.807, 2.05) is 80.6 Å². The molecule has 0 aliphatic heterocycles. The summed E-state index contributed by atoms with van der Waals surface area (Å²) in [4.78, 5) is 18.3. The standard InChI is InChI=1S/C28H22N2O/c1-19-16-20(2)18-23(17-19)30-27(29-26-13-6-5-12-25(26)28(30)31)15-14-22-10-7-9-21-8-3-4-11-24(21)22/h3-18H,1-2H3. The molecule has 0 saturated heterocycles. The van der Waals surface area contributed by atoms with Gasteiger partial charge >= 0.3 is 0 Å². The van der Waals surface area contributed by atoms with Crippen molar-refractivity contribution < 1.29 is 0 Å². The Morgan fingerprint density at radius 3 is 2.23 bits per heavy atom. The molecule has 1 aromatic heterocycles. The van der Waals surface area contributed by atoms with Gasteiger partial charge in [0.15, 0.2) is 0 Å². The highest BCUT2D eigenvalue weighted by Gasteiger charge is 2.12. The molecule has 3 heteroatoms. The van der Waals surface area contributed by atoms with Gasteiger partial charge in [-0.15, -0.1) is 0 Å². The Labute approximate surface area is 180 Å². The van der Waals surface area contributed by atoms with Crippen LogP contribution in [0.5, 0.6) is 0 Å². The van der Waals surface area contributed by atoms with Crippen LogP contribution in [0.25, 0.3) is 39.5 Å². The number of para-hydroxylation sites is 1. The molecule has 0 fully saturated rings. The van der Waals surface area contributed by atoms with Crippen molar-refractivity contribution in [3.63, 3.8) is 0 Å². The van der Waals surface area contributed by atoms with E-state index in [1.54, 1.807) is 4.57 Å². The zero-order valence-electron chi connectivity index (χ0n) is 17.5. The second kappa shape index (κ2) is 7.69. The molecular weight excluding hydrogens is 380 g/mol. The summed E-state index contributed by atoms with van der Waals surface area (Å²) < 4.78 is 1.71. The lowest BCUT2D eigenvalue weighted by molar-refractivity contribution is 0.940. The minimum atomic E-state index is -0.0619. The Bertz CT molecular complexity index is 1500. The highest BCUT2D eigenvalue weighted by molar-refractivity contribution is 5.92. The molecule has 0 atom stereocenters. The molecule has 0 aliphatic carbocycles. The van der Waals surface area contributed by atoms with E-state index >= 15 is 0 Å². The van der Waals surface area contributed by atoms with Crippen molar-refractivity contribution >= 4 is 33.8 Å². The fourth-order valence-corrected chi connectivity index (χ4v) is 4.15. The van der Waals surface area contributed by atoms with Gasteiger partial charge in [0.25, 0.3) is 5.56 Å². The molecular formula is C28H22N2O.